The molecule has 0 aromatic heterocycles. The Kier molecular flexibility index (Phi) is 4.95. The van der Waals surface area contributed by atoms with Crippen molar-refractivity contribution in [2.75, 3.05) is 0 Å². The second-order valence-corrected chi connectivity index (χ2v) is 2.72. The zero-order valence-electron chi connectivity index (χ0n) is 3.38. The van der Waals surface area contributed by atoms with Crippen LogP contribution in [0.4, 0.5) is 17.9 Å². The molecule has 0 aliphatic heterocycles. The van der Waals surface area contributed by atoms with Crippen LogP contribution in [0.2, 0.25) is 0 Å². The van der Waals surface area contributed by atoms with Gasteiger partial charge in [-0.3, -0.25) is 4.70 Å². The molecular formula is C2H2BrClF4. The van der Waals surface area contributed by atoms with E-state index in [1.165, 1.54) is 0 Å². The van der Waals surface area contributed by atoms with Crippen molar-refractivity contribution in [2.45, 2.75) is 10.5 Å². The molecule has 0 aliphatic rings. The van der Waals surface area contributed by atoms with Gasteiger partial charge in [-0.2, -0.15) is 13.2 Å². The van der Waals surface area contributed by atoms with E-state index in [1.54, 1.807) is 0 Å². The standard InChI is InChI=1S/C2HBrClF3.FH/c3-1(4)2(5,6)7;/h1H;1H. The van der Waals surface area contributed by atoms with Crippen molar-refractivity contribution in [3.8, 4) is 0 Å². The fourth-order valence-electron chi connectivity index (χ4n) is 0. The molecule has 6 heteroatoms. The Hall–Kier alpha value is 0.490. The summed E-state index contributed by atoms with van der Waals surface area (Å²) in [5, 5.41) is 0. The Labute approximate surface area is 56.5 Å². The van der Waals surface area contributed by atoms with Crippen molar-refractivity contribution in [3.63, 3.8) is 0 Å². The highest BCUT2D eigenvalue weighted by Gasteiger charge is 2.35. The molecule has 0 bridgehead atoms. The first kappa shape index (κ1) is 11.3. The van der Waals surface area contributed by atoms with Crippen LogP contribution < -0.4 is 0 Å². The molecule has 52 valence electrons. The predicted octanol–water partition coefficient (Wildman–Crippen LogP) is 2.66. The minimum absolute atomic E-state index is 0. The third kappa shape index (κ3) is 4.64. The zero-order valence-corrected chi connectivity index (χ0v) is 5.72. The van der Waals surface area contributed by atoms with Gasteiger partial charge in [-0.1, -0.05) is 15.9 Å². The van der Waals surface area contributed by atoms with Gasteiger partial charge in [-0.05, 0) is 0 Å². The van der Waals surface area contributed by atoms with Crippen LogP contribution in [0.5, 0.6) is 0 Å². The van der Waals surface area contributed by atoms with Crippen molar-refractivity contribution >= 4 is 27.5 Å². The molecule has 0 N–H and O–H groups in total. The largest absolute Gasteiger partial charge is 0.414 e. The van der Waals surface area contributed by atoms with Crippen molar-refractivity contribution in [1.82, 2.24) is 0 Å². The number of hydrogen-bond donors (Lipinski definition) is 0. The monoisotopic (exact) mass is 216 g/mol. The Morgan fingerprint density at radius 1 is 1.38 bits per heavy atom. The van der Waals surface area contributed by atoms with Crippen LogP contribution in [-0.4, -0.2) is 10.5 Å². The van der Waals surface area contributed by atoms with E-state index in [2.05, 4.69) is 27.5 Å². The fraction of sp³-hybridized carbons (Fsp3) is 1.00. The summed E-state index contributed by atoms with van der Waals surface area (Å²) in [6.07, 6.45) is -4.32. The lowest BCUT2D eigenvalue weighted by Crippen LogP contribution is -2.16. The van der Waals surface area contributed by atoms with Crippen LogP contribution >= 0.6 is 27.5 Å². The molecule has 0 amide bonds. The average molecular weight is 217 g/mol. The van der Waals surface area contributed by atoms with Crippen molar-refractivity contribution in [2.24, 2.45) is 0 Å². The second-order valence-electron chi connectivity index (χ2n) is 0.842. The predicted molar refractivity (Wildman–Crippen MR) is 27.1 cm³/mol. The molecule has 0 radical (unpaired) electrons. The lowest BCUT2D eigenvalue weighted by Gasteiger charge is -2.03. The van der Waals surface area contributed by atoms with E-state index in [0.29, 0.717) is 0 Å². The van der Waals surface area contributed by atoms with Gasteiger partial charge in [0.25, 0.3) is 0 Å². The number of halogens is 6. The second kappa shape index (κ2) is 3.50. The van der Waals surface area contributed by atoms with Crippen molar-refractivity contribution in [1.29, 1.82) is 0 Å². The molecule has 1 atom stereocenters. The first-order valence-corrected chi connectivity index (χ1v) is 2.64. The molecule has 0 aromatic carbocycles. The molecule has 0 spiro atoms. The van der Waals surface area contributed by atoms with Gasteiger partial charge in [0, 0.05) is 0 Å². The van der Waals surface area contributed by atoms with Crippen LogP contribution in [0.1, 0.15) is 0 Å². The lowest BCUT2D eigenvalue weighted by molar-refractivity contribution is -0.112. The van der Waals surface area contributed by atoms with Crippen LogP contribution in [0, 0.1) is 0 Å². The van der Waals surface area contributed by atoms with Crippen LogP contribution in [0.3, 0.4) is 0 Å². The Morgan fingerprint density at radius 2 is 1.50 bits per heavy atom. The maximum Gasteiger partial charge on any atom is 0.414 e. The van der Waals surface area contributed by atoms with Crippen molar-refractivity contribution in [3.05, 3.63) is 0 Å². The highest BCUT2D eigenvalue weighted by molar-refractivity contribution is 9.10. The zero-order chi connectivity index (χ0) is 6.08. The third-order valence-electron chi connectivity index (χ3n) is 0.247. The quantitative estimate of drug-likeness (QED) is 0.432. The van der Waals surface area contributed by atoms with Gasteiger partial charge in [0.05, 0.1) is 0 Å². The summed E-state index contributed by atoms with van der Waals surface area (Å²) in [5.74, 6) is 0. The van der Waals surface area contributed by atoms with E-state index in [-0.39, 0.29) is 4.70 Å². The van der Waals surface area contributed by atoms with Gasteiger partial charge in [0.15, 0.2) is 4.29 Å². The summed E-state index contributed by atoms with van der Waals surface area (Å²) < 4.78 is 31.1. The highest BCUT2D eigenvalue weighted by Crippen LogP contribution is 2.28. The Bertz CT molecular complexity index is 59.5. The molecule has 0 nitrogen and oxygen atoms in total. The first-order chi connectivity index (χ1) is 2.94. The minimum atomic E-state index is -4.32. The van der Waals surface area contributed by atoms with Crippen LogP contribution in [0.25, 0.3) is 0 Å². The average Bonchev–Trinajstić information content (AvgIpc) is 1.31. The molecule has 0 aliphatic carbocycles. The summed E-state index contributed by atoms with van der Waals surface area (Å²) in [5.41, 5.74) is 0. The molecule has 8 heavy (non-hydrogen) atoms. The highest BCUT2D eigenvalue weighted by atomic mass is 79.9. The third-order valence-corrected chi connectivity index (χ3v) is 1.01. The van der Waals surface area contributed by atoms with Gasteiger partial charge in [0.2, 0.25) is 0 Å². The van der Waals surface area contributed by atoms with E-state index in [1.807, 2.05) is 0 Å². The number of alkyl halides is 5. The molecule has 0 fully saturated rings. The van der Waals surface area contributed by atoms with E-state index in [0.717, 1.165) is 0 Å². The van der Waals surface area contributed by atoms with E-state index in [4.69, 9.17) is 0 Å². The minimum Gasteiger partial charge on any atom is -0.269 e. The maximum absolute atomic E-state index is 11.0. The normalized spacial score (nSPS) is 14.6. The van der Waals surface area contributed by atoms with E-state index in [9.17, 15) is 13.2 Å². The van der Waals surface area contributed by atoms with Gasteiger partial charge in [-0.15, -0.1) is 11.6 Å². The molecular weight excluding hydrogens is 215 g/mol. The van der Waals surface area contributed by atoms with Gasteiger partial charge >= 0.3 is 6.18 Å². The number of hydrogen-bond acceptors (Lipinski definition) is 0. The maximum atomic E-state index is 11.0. The molecule has 0 heterocycles. The summed E-state index contributed by atoms with van der Waals surface area (Å²) in [4.78, 5) is 0. The van der Waals surface area contributed by atoms with Crippen molar-refractivity contribution < 1.29 is 17.9 Å². The first-order valence-electron chi connectivity index (χ1n) is 1.29. The van der Waals surface area contributed by atoms with Gasteiger partial charge in [-0.25, -0.2) is 0 Å². The van der Waals surface area contributed by atoms with Gasteiger partial charge < -0.3 is 0 Å². The van der Waals surface area contributed by atoms with Gasteiger partial charge in [0.1, 0.15) is 0 Å². The summed E-state index contributed by atoms with van der Waals surface area (Å²) in [7, 11) is 0. The van der Waals surface area contributed by atoms with E-state index >= 15 is 0 Å². The summed E-state index contributed by atoms with van der Waals surface area (Å²) in [6.45, 7) is 0. The summed E-state index contributed by atoms with van der Waals surface area (Å²) >= 11 is 6.68. The SMILES string of the molecule is F.FC(F)(F)C(Cl)Br. The molecule has 0 saturated heterocycles. The number of rotatable bonds is 0. The molecule has 0 rings (SSSR count). The smallest absolute Gasteiger partial charge is 0.269 e. The van der Waals surface area contributed by atoms with Crippen LogP contribution in [0.15, 0.2) is 0 Å². The topological polar surface area (TPSA) is 0 Å². The lowest BCUT2D eigenvalue weighted by atomic mass is 10.8. The van der Waals surface area contributed by atoms with Crippen LogP contribution in [-0.2, 0) is 0 Å². The Morgan fingerprint density at radius 3 is 1.50 bits per heavy atom. The summed E-state index contributed by atoms with van der Waals surface area (Å²) in [6, 6.07) is 0. The molecule has 0 aromatic rings. The molecule has 1 unspecified atom stereocenters. The Balaban J connectivity index is 0. The fourth-order valence-corrected chi connectivity index (χ4v) is 0. The van der Waals surface area contributed by atoms with E-state index < -0.39 is 10.5 Å². The molecule has 0 saturated carbocycles.